The van der Waals surface area contributed by atoms with Crippen LogP contribution in [-0.2, 0) is 13.5 Å². The highest BCUT2D eigenvalue weighted by Crippen LogP contribution is 2.23. The third-order valence-corrected chi connectivity index (χ3v) is 3.19. The molecule has 0 aliphatic heterocycles. The molecule has 0 aliphatic rings. The number of hydrogen-bond donors (Lipinski definition) is 1. The van der Waals surface area contributed by atoms with Crippen LogP contribution in [0.15, 0.2) is 0 Å². The van der Waals surface area contributed by atoms with Gasteiger partial charge >= 0.3 is 0 Å². The molecule has 0 radical (unpaired) electrons. The van der Waals surface area contributed by atoms with Crippen LogP contribution in [0.2, 0.25) is 5.15 Å². The lowest BCUT2D eigenvalue weighted by Crippen LogP contribution is -2.10. The molecule has 1 aromatic heterocycles. The number of aliphatic hydroxyl groups is 1. The van der Waals surface area contributed by atoms with Gasteiger partial charge in [0.05, 0.1) is 5.69 Å². The smallest absolute Gasteiger partial charge is 0.130 e. The Balaban J connectivity index is 2.78. The molecule has 0 saturated heterocycles. The van der Waals surface area contributed by atoms with Crippen molar-refractivity contribution in [3.05, 3.63) is 16.4 Å². The molecule has 0 fully saturated rings. The summed E-state index contributed by atoms with van der Waals surface area (Å²) in [5.74, 6) is 0.301. The van der Waals surface area contributed by atoms with Crippen LogP contribution < -0.4 is 0 Å². The highest BCUT2D eigenvalue weighted by atomic mass is 35.5. The summed E-state index contributed by atoms with van der Waals surface area (Å²) >= 11 is 6.13. The van der Waals surface area contributed by atoms with E-state index in [-0.39, 0.29) is 6.61 Å². The van der Waals surface area contributed by atoms with Crippen LogP contribution in [0.1, 0.15) is 31.0 Å². The van der Waals surface area contributed by atoms with E-state index >= 15 is 0 Å². The van der Waals surface area contributed by atoms with Crippen molar-refractivity contribution in [1.82, 2.24) is 9.78 Å². The maximum atomic E-state index is 9.24. The summed E-state index contributed by atoms with van der Waals surface area (Å²) < 4.78 is 1.69. The normalized spacial score (nSPS) is 13.1. The third-order valence-electron chi connectivity index (χ3n) is 2.72. The molecule has 4 heteroatoms. The number of aliphatic hydroxyl groups excluding tert-OH is 1. The zero-order valence-electron chi connectivity index (χ0n) is 9.63. The van der Waals surface area contributed by atoms with Gasteiger partial charge in [-0.25, -0.2) is 0 Å². The summed E-state index contributed by atoms with van der Waals surface area (Å²) in [7, 11) is 1.84. The van der Waals surface area contributed by atoms with Crippen molar-refractivity contribution in [2.24, 2.45) is 13.0 Å². The first-order chi connectivity index (χ1) is 7.10. The molecule has 1 atom stereocenters. The van der Waals surface area contributed by atoms with Gasteiger partial charge < -0.3 is 5.11 Å². The van der Waals surface area contributed by atoms with Gasteiger partial charge in [-0.1, -0.05) is 24.9 Å². The molecular weight excluding hydrogens is 212 g/mol. The Bertz CT molecular complexity index is 323. The van der Waals surface area contributed by atoms with Crippen molar-refractivity contribution >= 4 is 11.6 Å². The molecule has 0 amide bonds. The Hall–Kier alpha value is -0.540. The minimum Gasteiger partial charge on any atom is -0.396 e. The van der Waals surface area contributed by atoms with Gasteiger partial charge in [-0.05, 0) is 25.7 Å². The predicted octanol–water partition coefficient (Wildman–Crippen LogP) is 2.33. The SMILES string of the molecule is CCCC(CO)Cc1c(C)nn(C)c1Cl. The lowest BCUT2D eigenvalue weighted by atomic mass is 9.96. The van der Waals surface area contributed by atoms with Gasteiger partial charge in [-0.2, -0.15) is 5.10 Å². The Kier molecular flexibility index (Phi) is 4.61. The number of rotatable bonds is 5. The van der Waals surface area contributed by atoms with Crippen LogP contribution in [0, 0.1) is 12.8 Å². The zero-order valence-corrected chi connectivity index (χ0v) is 10.4. The standard InChI is InChI=1S/C11H19ClN2O/c1-4-5-9(7-15)6-10-8(2)13-14(3)11(10)12/h9,15H,4-7H2,1-3H3. The number of hydrogen-bond acceptors (Lipinski definition) is 2. The van der Waals surface area contributed by atoms with E-state index in [9.17, 15) is 5.11 Å². The topological polar surface area (TPSA) is 38.1 Å². The van der Waals surface area contributed by atoms with E-state index in [1.165, 1.54) is 0 Å². The molecule has 1 rings (SSSR count). The fourth-order valence-corrected chi connectivity index (χ4v) is 2.11. The summed E-state index contributed by atoms with van der Waals surface area (Å²) in [5, 5.41) is 14.2. The molecule has 15 heavy (non-hydrogen) atoms. The van der Waals surface area contributed by atoms with E-state index in [2.05, 4.69) is 12.0 Å². The number of halogens is 1. The van der Waals surface area contributed by atoms with Gasteiger partial charge in [0, 0.05) is 19.2 Å². The van der Waals surface area contributed by atoms with Crippen molar-refractivity contribution in [3.63, 3.8) is 0 Å². The van der Waals surface area contributed by atoms with E-state index in [4.69, 9.17) is 11.6 Å². The first-order valence-electron chi connectivity index (χ1n) is 5.39. The Morgan fingerprint density at radius 2 is 2.20 bits per heavy atom. The van der Waals surface area contributed by atoms with Crippen LogP contribution in [0.3, 0.4) is 0 Å². The van der Waals surface area contributed by atoms with Gasteiger partial charge in [0.1, 0.15) is 5.15 Å². The van der Waals surface area contributed by atoms with Crippen molar-refractivity contribution in [2.75, 3.05) is 6.61 Å². The molecule has 1 aromatic rings. The molecule has 1 heterocycles. The van der Waals surface area contributed by atoms with E-state index in [0.29, 0.717) is 11.1 Å². The maximum Gasteiger partial charge on any atom is 0.130 e. The first kappa shape index (κ1) is 12.5. The Morgan fingerprint density at radius 1 is 1.53 bits per heavy atom. The zero-order chi connectivity index (χ0) is 11.4. The lowest BCUT2D eigenvalue weighted by Gasteiger charge is -2.12. The van der Waals surface area contributed by atoms with E-state index in [1.54, 1.807) is 4.68 Å². The third kappa shape index (κ3) is 2.95. The van der Waals surface area contributed by atoms with E-state index in [0.717, 1.165) is 30.5 Å². The molecule has 0 spiro atoms. The van der Waals surface area contributed by atoms with Crippen LogP contribution in [0.4, 0.5) is 0 Å². The number of nitrogens with zero attached hydrogens (tertiary/aromatic N) is 2. The van der Waals surface area contributed by atoms with Crippen molar-refractivity contribution < 1.29 is 5.11 Å². The molecule has 1 N–H and O–H groups in total. The summed E-state index contributed by atoms with van der Waals surface area (Å²) in [4.78, 5) is 0. The molecule has 3 nitrogen and oxygen atoms in total. The van der Waals surface area contributed by atoms with Crippen LogP contribution in [0.25, 0.3) is 0 Å². The average molecular weight is 231 g/mol. The van der Waals surface area contributed by atoms with Gasteiger partial charge in [-0.3, -0.25) is 4.68 Å². The minimum absolute atomic E-state index is 0.221. The predicted molar refractivity (Wildman–Crippen MR) is 62.1 cm³/mol. The molecule has 86 valence electrons. The van der Waals surface area contributed by atoms with E-state index in [1.807, 2.05) is 14.0 Å². The summed E-state index contributed by atoms with van der Waals surface area (Å²) in [6.45, 7) is 4.31. The maximum absolute atomic E-state index is 9.24. The second kappa shape index (κ2) is 5.52. The monoisotopic (exact) mass is 230 g/mol. The Morgan fingerprint density at radius 3 is 2.60 bits per heavy atom. The quantitative estimate of drug-likeness (QED) is 0.843. The van der Waals surface area contributed by atoms with Gasteiger partial charge in [-0.15, -0.1) is 0 Å². The Labute approximate surface area is 96.1 Å². The van der Waals surface area contributed by atoms with Gasteiger partial charge in [0.15, 0.2) is 0 Å². The second-order valence-corrected chi connectivity index (χ2v) is 4.38. The largest absolute Gasteiger partial charge is 0.396 e. The number of aryl methyl sites for hydroxylation is 2. The molecule has 0 aliphatic carbocycles. The molecule has 1 unspecified atom stereocenters. The lowest BCUT2D eigenvalue weighted by molar-refractivity contribution is 0.217. The second-order valence-electron chi connectivity index (χ2n) is 4.02. The molecule has 0 aromatic carbocycles. The number of aromatic nitrogens is 2. The highest BCUT2D eigenvalue weighted by molar-refractivity contribution is 6.30. The highest BCUT2D eigenvalue weighted by Gasteiger charge is 2.15. The molecular formula is C11H19ClN2O. The van der Waals surface area contributed by atoms with E-state index < -0.39 is 0 Å². The van der Waals surface area contributed by atoms with Crippen LogP contribution in [0.5, 0.6) is 0 Å². The van der Waals surface area contributed by atoms with Crippen molar-refractivity contribution in [2.45, 2.75) is 33.1 Å². The van der Waals surface area contributed by atoms with Gasteiger partial charge in [0.2, 0.25) is 0 Å². The summed E-state index contributed by atoms with van der Waals surface area (Å²) in [6, 6.07) is 0. The fourth-order valence-electron chi connectivity index (χ4n) is 1.86. The summed E-state index contributed by atoms with van der Waals surface area (Å²) in [6.07, 6.45) is 2.94. The molecule has 0 bridgehead atoms. The summed E-state index contributed by atoms with van der Waals surface area (Å²) in [5.41, 5.74) is 2.05. The average Bonchev–Trinajstić information content (AvgIpc) is 2.44. The van der Waals surface area contributed by atoms with Gasteiger partial charge in [0.25, 0.3) is 0 Å². The first-order valence-corrected chi connectivity index (χ1v) is 5.76. The van der Waals surface area contributed by atoms with Crippen LogP contribution >= 0.6 is 11.6 Å². The minimum atomic E-state index is 0.221. The van der Waals surface area contributed by atoms with Crippen molar-refractivity contribution in [3.8, 4) is 0 Å². The molecule has 0 saturated carbocycles. The van der Waals surface area contributed by atoms with Crippen molar-refractivity contribution in [1.29, 1.82) is 0 Å². The fraction of sp³-hybridized carbons (Fsp3) is 0.727. The van der Waals surface area contributed by atoms with Crippen LogP contribution in [-0.4, -0.2) is 21.5 Å².